The minimum atomic E-state index is 0. The van der Waals surface area contributed by atoms with Gasteiger partial charge in [-0.3, -0.25) is 0 Å². The molecule has 3 N–H and O–H groups in total. The Morgan fingerprint density at radius 1 is 1.31 bits per heavy atom. The van der Waals surface area contributed by atoms with Crippen LogP contribution in [0.25, 0.3) is 0 Å². The van der Waals surface area contributed by atoms with Gasteiger partial charge in [0, 0.05) is 6.04 Å². The lowest BCUT2D eigenvalue weighted by atomic mass is 9.74. The molecule has 0 unspecified atom stereocenters. The molecule has 1 heterocycles. The number of hydrogen-bond donors (Lipinski definition) is 2. The van der Waals surface area contributed by atoms with Crippen molar-refractivity contribution in [2.75, 3.05) is 13.1 Å². The van der Waals surface area contributed by atoms with Gasteiger partial charge in [0.1, 0.15) is 0 Å². The van der Waals surface area contributed by atoms with Crippen LogP contribution in [0.4, 0.5) is 0 Å². The van der Waals surface area contributed by atoms with Crippen LogP contribution in [0, 0.1) is 11.3 Å². The zero-order valence-electron chi connectivity index (χ0n) is 8.38. The van der Waals surface area contributed by atoms with Crippen molar-refractivity contribution >= 4 is 12.4 Å². The third-order valence-electron chi connectivity index (χ3n) is 3.80. The van der Waals surface area contributed by atoms with E-state index in [1.54, 1.807) is 0 Å². The fourth-order valence-electron chi connectivity index (χ4n) is 3.11. The molecule has 0 aromatic heterocycles. The molecule has 2 fully saturated rings. The summed E-state index contributed by atoms with van der Waals surface area (Å²) in [6.07, 6.45) is 5.23. The lowest BCUT2D eigenvalue weighted by Gasteiger charge is -2.37. The minimum Gasteiger partial charge on any atom is -0.327 e. The Morgan fingerprint density at radius 3 is 2.38 bits per heavy atom. The third-order valence-corrected chi connectivity index (χ3v) is 3.80. The molecule has 1 aliphatic carbocycles. The molecule has 78 valence electrons. The molecule has 2 rings (SSSR count). The molecule has 0 aromatic rings. The van der Waals surface area contributed by atoms with Gasteiger partial charge in [-0.2, -0.15) is 0 Å². The van der Waals surface area contributed by atoms with Crippen molar-refractivity contribution in [3.63, 3.8) is 0 Å². The van der Waals surface area contributed by atoms with Crippen molar-refractivity contribution in [3.8, 4) is 0 Å². The minimum absolute atomic E-state index is 0. The molecule has 1 saturated carbocycles. The molecule has 1 aliphatic heterocycles. The molecule has 2 aliphatic rings. The van der Waals surface area contributed by atoms with Crippen molar-refractivity contribution in [2.24, 2.45) is 17.1 Å². The summed E-state index contributed by atoms with van der Waals surface area (Å²) in [7, 11) is 0. The van der Waals surface area contributed by atoms with Crippen LogP contribution in [0.15, 0.2) is 0 Å². The number of piperidine rings is 1. The number of rotatable bonds is 0. The fourth-order valence-corrected chi connectivity index (χ4v) is 3.11. The number of nitrogens with one attached hydrogen (secondary N) is 1. The summed E-state index contributed by atoms with van der Waals surface area (Å²) in [6.45, 7) is 4.71. The van der Waals surface area contributed by atoms with Gasteiger partial charge in [0.05, 0.1) is 0 Å². The number of halogens is 1. The van der Waals surface area contributed by atoms with Crippen LogP contribution in [0.2, 0.25) is 0 Å². The first kappa shape index (κ1) is 11.3. The van der Waals surface area contributed by atoms with E-state index < -0.39 is 0 Å². The van der Waals surface area contributed by atoms with Crippen LogP contribution in [-0.2, 0) is 0 Å². The standard InChI is InChI=1S/C10H20N2.ClH/c1-8-6-9(11)10(7-8)2-4-12-5-3-10;/h8-9,12H,2-7,11H2,1H3;1H/t8-,9+;/m0./s1. The first-order valence-electron chi connectivity index (χ1n) is 5.19. The molecule has 0 bridgehead atoms. The molecule has 0 radical (unpaired) electrons. The van der Waals surface area contributed by atoms with E-state index in [9.17, 15) is 0 Å². The maximum Gasteiger partial charge on any atom is 0.00991 e. The highest BCUT2D eigenvalue weighted by atomic mass is 35.5. The predicted octanol–water partition coefficient (Wildman–Crippen LogP) is 1.54. The van der Waals surface area contributed by atoms with E-state index in [2.05, 4.69) is 12.2 Å². The van der Waals surface area contributed by atoms with Gasteiger partial charge >= 0.3 is 0 Å². The van der Waals surface area contributed by atoms with E-state index in [4.69, 9.17) is 5.73 Å². The largest absolute Gasteiger partial charge is 0.327 e. The SMILES string of the molecule is C[C@H]1C[C@@H](N)C2(CCNCC2)C1.Cl. The molecule has 1 spiro atoms. The Balaban J connectivity index is 0.000000845. The summed E-state index contributed by atoms with van der Waals surface area (Å²) in [6, 6.07) is 0.481. The molecule has 0 aromatic carbocycles. The van der Waals surface area contributed by atoms with E-state index in [0.717, 1.165) is 5.92 Å². The van der Waals surface area contributed by atoms with Crippen LogP contribution < -0.4 is 11.1 Å². The Labute approximate surface area is 87.1 Å². The van der Waals surface area contributed by atoms with Gasteiger partial charge in [-0.15, -0.1) is 12.4 Å². The molecule has 2 nitrogen and oxygen atoms in total. The van der Waals surface area contributed by atoms with E-state index in [1.165, 1.54) is 38.8 Å². The van der Waals surface area contributed by atoms with Gasteiger partial charge < -0.3 is 11.1 Å². The van der Waals surface area contributed by atoms with Gasteiger partial charge in [0.15, 0.2) is 0 Å². The summed E-state index contributed by atoms with van der Waals surface area (Å²) >= 11 is 0. The molecule has 0 amide bonds. The summed E-state index contributed by atoms with van der Waals surface area (Å²) in [4.78, 5) is 0. The van der Waals surface area contributed by atoms with Crippen LogP contribution in [0.5, 0.6) is 0 Å². The normalized spacial score (nSPS) is 37.4. The van der Waals surface area contributed by atoms with Crippen molar-refractivity contribution < 1.29 is 0 Å². The second-order valence-electron chi connectivity index (χ2n) is 4.76. The second-order valence-corrected chi connectivity index (χ2v) is 4.76. The highest BCUT2D eigenvalue weighted by molar-refractivity contribution is 5.85. The summed E-state index contributed by atoms with van der Waals surface area (Å²) < 4.78 is 0. The average molecular weight is 205 g/mol. The third kappa shape index (κ3) is 2.00. The van der Waals surface area contributed by atoms with Crippen molar-refractivity contribution in [2.45, 2.75) is 38.6 Å². The Bertz CT molecular complexity index is 166. The van der Waals surface area contributed by atoms with E-state index in [0.29, 0.717) is 11.5 Å². The molecule has 3 heteroatoms. The van der Waals surface area contributed by atoms with Gasteiger partial charge in [-0.1, -0.05) is 6.92 Å². The lowest BCUT2D eigenvalue weighted by Crippen LogP contribution is -2.45. The van der Waals surface area contributed by atoms with Crippen LogP contribution >= 0.6 is 12.4 Å². The zero-order chi connectivity index (χ0) is 8.60. The van der Waals surface area contributed by atoms with Crippen LogP contribution in [0.3, 0.4) is 0 Å². The maximum absolute atomic E-state index is 6.21. The monoisotopic (exact) mass is 204 g/mol. The van der Waals surface area contributed by atoms with E-state index in [1.807, 2.05) is 0 Å². The zero-order valence-corrected chi connectivity index (χ0v) is 9.20. The topological polar surface area (TPSA) is 38.0 Å². The predicted molar refractivity (Wildman–Crippen MR) is 58.2 cm³/mol. The molecule has 1 saturated heterocycles. The van der Waals surface area contributed by atoms with Crippen molar-refractivity contribution in [1.82, 2.24) is 5.32 Å². The van der Waals surface area contributed by atoms with Gasteiger partial charge in [-0.05, 0) is 50.1 Å². The molecular formula is C10H21ClN2. The average Bonchev–Trinajstić information content (AvgIpc) is 2.29. The number of nitrogens with two attached hydrogens (primary N) is 1. The van der Waals surface area contributed by atoms with Crippen molar-refractivity contribution in [3.05, 3.63) is 0 Å². The summed E-state index contributed by atoms with van der Waals surface area (Å²) in [5, 5.41) is 3.42. The van der Waals surface area contributed by atoms with Crippen LogP contribution in [0.1, 0.15) is 32.6 Å². The lowest BCUT2D eigenvalue weighted by molar-refractivity contribution is 0.179. The van der Waals surface area contributed by atoms with Gasteiger partial charge in [-0.25, -0.2) is 0 Å². The molecular weight excluding hydrogens is 184 g/mol. The Morgan fingerprint density at radius 2 is 1.92 bits per heavy atom. The highest BCUT2D eigenvalue weighted by Crippen LogP contribution is 2.46. The quantitative estimate of drug-likeness (QED) is 0.628. The molecule has 13 heavy (non-hydrogen) atoms. The number of hydrogen-bond acceptors (Lipinski definition) is 2. The second kappa shape index (κ2) is 4.16. The van der Waals surface area contributed by atoms with E-state index in [-0.39, 0.29) is 12.4 Å². The highest BCUT2D eigenvalue weighted by Gasteiger charge is 2.44. The Kier molecular flexibility index (Phi) is 3.61. The summed E-state index contributed by atoms with van der Waals surface area (Å²) in [5.41, 5.74) is 6.73. The first-order valence-corrected chi connectivity index (χ1v) is 5.19. The van der Waals surface area contributed by atoms with Crippen molar-refractivity contribution in [1.29, 1.82) is 0 Å². The van der Waals surface area contributed by atoms with Crippen LogP contribution in [-0.4, -0.2) is 19.1 Å². The first-order chi connectivity index (χ1) is 5.73. The fraction of sp³-hybridized carbons (Fsp3) is 1.00. The Hall–Kier alpha value is 0.210. The molecule has 2 atom stereocenters. The smallest absolute Gasteiger partial charge is 0.00991 e. The maximum atomic E-state index is 6.21. The van der Waals surface area contributed by atoms with Gasteiger partial charge in [0.2, 0.25) is 0 Å². The summed E-state index contributed by atoms with van der Waals surface area (Å²) in [5.74, 6) is 0.859. The van der Waals surface area contributed by atoms with E-state index >= 15 is 0 Å². The van der Waals surface area contributed by atoms with Gasteiger partial charge in [0.25, 0.3) is 0 Å².